The third-order valence-electron chi connectivity index (χ3n) is 5.55. The van der Waals surface area contributed by atoms with Crippen LogP contribution >= 0.6 is 0 Å². The van der Waals surface area contributed by atoms with E-state index in [9.17, 15) is 14.4 Å². The molecule has 2 aliphatic rings. The highest BCUT2D eigenvalue weighted by molar-refractivity contribution is 6.06. The van der Waals surface area contributed by atoms with E-state index in [4.69, 9.17) is 0 Å². The molecule has 1 N–H and O–H groups in total. The average molecular weight is 343 g/mol. The minimum absolute atomic E-state index is 0.0734. The molecule has 0 aliphatic carbocycles. The van der Waals surface area contributed by atoms with E-state index in [1.165, 1.54) is 12.6 Å². The molecule has 4 amide bonds. The van der Waals surface area contributed by atoms with Gasteiger partial charge in [-0.05, 0) is 37.3 Å². The normalized spacial score (nSPS) is 20.8. The van der Waals surface area contributed by atoms with Gasteiger partial charge in [-0.1, -0.05) is 31.2 Å². The lowest BCUT2D eigenvalue weighted by atomic mass is 9.86. The maximum absolute atomic E-state index is 12.8. The molecular weight excluding hydrogens is 318 g/mol. The van der Waals surface area contributed by atoms with Crippen molar-refractivity contribution in [2.24, 2.45) is 0 Å². The maximum atomic E-state index is 12.8. The summed E-state index contributed by atoms with van der Waals surface area (Å²) in [6, 6.07) is 7.80. The molecule has 2 aliphatic heterocycles. The fraction of sp³-hybridized carbons (Fsp3) is 0.526. The first-order valence-corrected chi connectivity index (χ1v) is 8.86. The largest absolute Gasteiger partial charge is 0.342 e. The zero-order valence-electron chi connectivity index (χ0n) is 15.0. The Morgan fingerprint density at radius 2 is 1.80 bits per heavy atom. The molecule has 6 heteroatoms. The van der Waals surface area contributed by atoms with E-state index in [-0.39, 0.29) is 23.8 Å². The van der Waals surface area contributed by atoms with Gasteiger partial charge in [0.1, 0.15) is 5.54 Å². The summed E-state index contributed by atoms with van der Waals surface area (Å²) in [6.45, 7) is 4.99. The second kappa shape index (κ2) is 6.50. The van der Waals surface area contributed by atoms with Gasteiger partial charge in [-0.15, -0.1) is 0 Å². The number of urea groups is 1. The molecule has 2 saturated heterocycles. The van der Waals surface area contributed by atoms with Crippen molar-refractivity contribution in [3.05, 3.63) is 35.4 Å². The number of nitrogens with one attached hydrogen (secondary N) is 1. The second-order valence-corrected chi connectivity index (χ2v) is 7.02. The van der Waals surface area contributed by atoms with Crippen LogP contribution in [0.4, 0.5) is 4.79 Å². The molecule has 0 aromatic heterocycles. The summed E-state index contributed by atoms with van der Waals surface area (Å²) in [4.78, 5) is 39.8. The lowest BCUT2D eigenvalue weighted by molar-refractivity contribution is -0.138. The number of carbonyl (C=O) groups is 3. The van der Waals surface area contributed by atoms with Crippen molar-refractivity contribution in [2.45, 2.75) is 44.6 Å². The summed E-state index contributed by atoms with van der Waals surface area (Å²) >= 11 is 0. The van der Waals surface area contributed by atoms with Crippen molar-refractivity contribution in [1.29, 1.82) is 0 Å². The number of piperidine rings is 1. The van der Waals surface area contributed by atoms with E-state index in [1.54, 1.807) is 4.90 Å². The molecule has 3 rings (SSSR count). The van der Waals surface area contributed by atoms with Crippen LogP contribution in [0.15, 0.2) is 24.3 Å². The topological polar surface area (TPSA) is 69.7 Å². The molecule has 1 unspecified atom stereocenters. The number of nitrogens with zero attached hydrogens (tertiary/aromatic N) is 2. The van der Waals surface area contributed by atoms with Gasteiger partial charge in [0.05, 0.1) is 5.92 Å². The van der Waals surface area contributed by atoms with Gasteiger partial charge in [0, 0.05) is 20.1 Å². The number of rotatable bonds is 3. The monoisotopic (exact) mass is 343 g/mol. The molecule has 0 radical (unpaired) electrons. The highest BCUT2D eigenvalue weighted by Crippen LogP contribution is 2.30. The van der Waals surface area contributed by atoms with Crippen LogP contribution in [-0.4, -0.2) is 53.3 Å². The Labute approximate surface area is 148 Å². The maximum Gasteiger partial charge on any atom is 0.324 e. The number of likely N-dealkylation sites (tertiary alicyclic amines) is 1. The number of carbonyl (C=O) groups excluding carboxylic acids is 3. The summed E-state index contributed by atoms with van der Waals surface area (Å²) in [5, 5.41) is 2.80. The Morgan fingerprint density at radius 1 is 1.20 bits per heavy atom. The Bertz CT molecular complexity index is 690. The molecule has 25 heavy (non-hydrogen) atoms. The molecule has 2 fully saturated rings. The molecule has 2 heterocycles. The summed E-state index contributed by atoms with van der Waals surface area (Å²) in [7, 11) is 1.49. The quantitative estimate of drug-likeness (QED) is 0.852. The molecule has 0 saturated carbocycles. The number of hydrogen-bond acceptors (Lipinski definition) is 3. The highest BCUT2D eigenvalue weighted by atomic mass is 16.2. The van der Waals surface area contributed by atoms with Crippen LogP contribution in [0, 0.1) is 0 Å². The van der Waals surface area contributed by atoms with Crippen molar-refractivity contribution >= 4 is 17.8 Å². The number of likely N-dealkylation sites (N-methyl/N-ethyl adjacent to an activating group) is 1. The fourth-order valence-electron chi connectivity index (χ4n) is 3.66. The minimum Gasteiger partial charge on any atom is -0.342 e. The van der Waals surface area contributed by atoms with Crippen LogP contribution in [0.2, 0.25) is 0 Å². The minimum atomic E-state index is -0.825. The van der Waals surface area contributed by atoms with Gasteiger partial charge in [0.25, 0.3) is 5.91 Å². The van der Waals surface area contributed by atoms with Crippen molar-refractivity contribution in [3.8, 4) is 0 Å². The van der Waals surface area contributed by atoms with Gasteiger partial charge in [0.2, 0.25) is 5.91 Å². The zero-order chi connectivity index (χ0) is 18.2. The van der Waals surface area contributed by atoms with E-state index in [0.717, 1.165) is 16.9 Å². The summed E-state index contributed by atoms with van der Waals surface area (Å²) in [5.41, 5.74) is 1.43. The number of amides is 4. The lowest BCUT2D eigenvalue weighted by Crippen LogP contribution is -2.56. The number of aryl methyl sites for hydroxylation is 1. The standard InChI is InChI=1S/C19H25N3O3/c1-4-14-5-7-15(8-6-14)13(2)16(23)22-11-9-19(10-12-22)17(24)21(3)18(25)20-19/h5-8,13H,4,9-12H2,1-3H3,(H,20,25). The first-order valence-electron chi connectivity index (χ1n) is 8.86. The van der Waals surface area contributed by atoms with E-state index >= 15 is 0 Å². The van der Waals surface area contributed by atoms with E-state index in [2.05, 4.69) is 24.4 Å². The van der Waals surface area contributed by atoms with Crippen molar-refractivity contribution in [3.63, 3.8) is 0 Å². The van der Waals surface area contributed by atoms with E-state index in [1.807, 2.05) is 19.1 Å². The van der Waals surface area contributed by atoms with Crippen LogP contribution in [0.5, 0.6) is 0 Å². The summed E-state index contributed by atoms with van der Waals surface area (Å²) < 4.78 is 0. The first kappa shape index (κ1) is 17.5. The van der Waals surface area contributed by atoms with Gasteiger partial charge in [0.15, 0.2) is 0 Å². The molecule has 0 bridgehead atoms. The van der Waals surface area contributed by atoms with Gasteiger partial charge < -0.3 is 10.2 Å². The predicted octanol–water partition coefficient (Wildman–Crippen LogP) is 1.90. The Balaban J connectivity index is 1.65. The molecule has 1 spiro atoms. The molecule has 1 atom stereocenters. The van der Waals surface area contributed by atoms with Gasteiger partial charge >= 0.3 is 6.03 Å². The first-order chi connectivity index (χ1) is 11.9. The predicted molar refractivity (Wildman–Crippen MR) is 94.1 cm³/mol. The highest BCUT2D eigenvalue weighted by Gasteiger charge is 2.51. The third kappa shape index (κ3) is 3.01. The average Bonchev–Trinajstić information content (AvgIpc) is 2.85. The number of benzene rings is 1. The van der Waals surface area contributed by atoms with Crippen molar-refractivity contribution in [2.75, 3.05) is 20.1 Å². The Hall–Kier alpha value is -2.37. The van der Waals surface area contributed by atoms with Crippen LogP contribution in [0.25, 0.3) is 0 Å². The summed E-state index contributed by atoms with van der Waals surface area (Å²) in [6.07, 6.45) is 1.91. The molecule has 1 aromatic rings. The Morgan fingerprint density at radius 3 is 2.28 bits per heavy atom. The van der Waals surface area contributed by atoms with Crippen LogP contribution < -0.4 is 5.32 Å². The molecule has 134 valence electrons. The zero-order valence-corrected chi connectivity index (χ0v) is 15.0. The molecular formula is C19H25N3O3. The third-order valence-corrected chi connectivity index (χ3v) is 5.55. The van der Waals surface area contributed by atoms with Gasteiger partial charge in [-0.25, -0.2) is 4.79 Å². The van der Waals surface area contributed by atoms with Crippen molar-refractivity contribution in [1.82, 2.24) is 15.1 Å². The summed E-state index contributed by atoms with van der Waals surface area (Å²) in [5.74, 6) is -0.325. The Kier molecular flexibility index (Phi) is 4.54. The number of imide groups is 1. The molecule has 1 aromatic carbocycles. The van der Waals surface area contributed by atoms with Gasteiger partial charge in [-0.3, -0.25) is 14.5 Å². The van der Waals surface area contributed by atoms with E-state index < -0.39 is 5.54 Å². The number of hydrogen-bond donors (Lipinski definition) is 1. The van der Waals surface area contributed by atoms with Crippen LogP contribution in [0.1, 0.15) is 43.7 Å². The second-order valence-electron chi connectivity index (χ2n) is 7.02. The SMILES string of the molecule is CCc1ccc(C(C)C(=O)N2CCC3(CC2)NC(=O)N(C)C3=O)cc1. The van der Waals surface area contributed by atoms with Crippen molar-refractivity contribution < 1.29 is 14.4 Å². The molecule has 6 nitrogen and oxygen atoms in total. The van der Waals surface area contributed by atoms with Gasteiger partial charge in [-0.2, -0.15) is 0 Å². The fourth-order valence-corrected chi connectivity index (χ4v) is 3.66. The smallest absolute Gasteiger partial charge is 0.324 e. The van der Waals surface area contributed by atoms with E-state index in [0.29, 0.717) is 25.9 Å². The van der Waals surface area contributed by atoms with Crippen LogP contribution in [-0.2, 0) is 16.0 Å². The lowest BCUT2D eigenvalue weighted by Gasteiger charge is -2.38. The van der Waals surface area contributed by atoms with Crippen LogP contribution in [0.3, 0.4) is 0 Å².